The number of halogens is 1. The molecule has 0 unspecified atom stereocenters. The number of fused-ring (bicyclic) bond motifs is 1. The van der Waals surface area contributed by atoms with E-state index in [2.05, 4.69) is 4.99 Å². The lowest BCUT2D eigenvalue weighted by molar-refractivity contribution is -0.115. The Morgan fingerprint density at radius 2 is 2.00 bits per heavy atom. The van der Waals surface area contributed by atoms with E-state index in [9.17, 15) is 13.2 Å². The molecule has 1 aromatic rings. The van der Waals surface area contributed by atoms with Crippen LogP contribution in [0, 0.1) is 0 Å². The van der Waals surface area contributed by atoms with Crippen molar-refractivity contribution in [2.45, 2.75) is 11.3 Å². The molecule has 1 amide bonds. The second kappa shape index (κ2) is 6.57. The highest BCUT2D eigenvalue weighted by molar-refractivity contribution is 8.16. The number of carbonyl (C=O) groups excluding carboxylic acids is 1. The van der Waals surface area contributed by atoms with Crippen LogP contribution in [0.25, 0.3) is 0 Å². The van der Waals surface area contributed by atoms with Gasteiger partial charge in [-0.2, -0.15) is 4.99 Å². The summed E-state index contributed by atoms with van der Waals surface area (Å²) >= 11 is 6.91. The summed E-state index contributed by atoms with van der Waals surface area (Å²) in [5.74, 6) is -0.418. The first-order valence-electron chi connectivity index (χ1n) is 7.42. The Labute approximate surface area is 150 Å². The van der Waals surface area contributed by atoms with Gasteiger partial charge in [0.2, 0.25) is 0 Å². The van der Waals surface area contributed by atoms with Crippen LogP contribution >= 0.6 is 23.4 Å². The van der Waals surface area contributed by atoms with Gasteiger partial charge in [-0.25, -0.2) is 8.42 Å². The zero-order valence-electron chi connectivity index (χ0n) is 13.3. The molecule has 2 fully saturated rings. The molecule has 2 aliphatic rings. The average molecular weight is 388 g/mol. The Kier molecular flexibility index (Phi) is 4.81. The van der Waals surface area contributed by atoms with Crippen molar-refractivity contribution >= 4 is 55.6 Å². The summed E-state index contributed by atoms with van der Waals surface area (Å²) in [5.41, 5.74) is 1.87. The first-order valence-corrected chi connectivity index (χ1v) is 10.7. The fraction of sp³-hybridized carbons (Fsp3) is 0.467. The number of aliphatic imine (C=N–C) groups is 1. The Morgan fingerprint density at radius 3 is 2.58 bits per heavy atom. The van der Waals surface area contributed by atoms with Crippen molar-refractivity contribution in [3.8, 4) is 0 Å². The Balaban J connectivity index is 1.98. The van der Waals surface area contributed by atoms with Gasteiger partial charge in [0, 0.05) is 30.7 Å². The Morgan fingerprint density at radius 1 is 1.33 bits per heavy atom. The third kappa shape index (κ3) is 3.41. The van der Waals surface area contributed by atoms with Gasteiger partial charge < -0.3 is 9.80 Å². The van der Waals surface area contributed by atoms with Crippen LogP contribution in [0.15, 0.2) is 29.3 Å². The topological polar surface area (TPSA) is 70.0 Å². The molecule has 3 rings (SSSR count). The number of hydrogen-bond donors (Lipinski definition) is 0. The zero-order chi connectivity index (χ0) is 17.5. The first kappa shape index (κ1) is 17.6. The summed E-state index contributed by atoms with van der Waals surface area (Å²) < 4.78 is 23.9. The van der Waals surface area contributed by atoms with Crippen molar-refractivity contribution in [3.05, 3.63) is 24.3 Å². The van der Waals surface area contributed by atoms with E-state index in [1.165, 1.54) is 11.8 Å². The molecule has 0 aromatic heterocycles. The van der Waals surface area contributed by atoms with Gasteiger partial charge in [0.25, 0.3) is 5.91 Å². The lowest BCUT2D eigenvalue weighted by Gasteiger charge is -2.25. The Bertz CT molecular complexity index is 778. The van der Waals surface area contributed by atoms with Crippen molar-refractivity contribution in [2.24, 2.45) is 4.99 Å². The van der Waals surface area contributed by atoms with E-state index in [1.807, 2.05) is 48.2 Å². The van der Waals surface area contributed by atoms with Crippen LogP contribution in [0.5, 0.6) is 0 Å². The predicted octanol–water partition coefficient (Wildman–Crippen LogP) is 1.59. The van der Waals surface area contributed by atoms with Crippen molar-refractivity contribution in [1.82, 2.24) is 0 Å². The quantitative estimate of drug-likeness (QED) is 0.733. The highest BCUT2D eigenvalue weighted by Crippen LogP contribution is 2.41. The second-order valence-electron chi connectivity index (χ2n) is 6.00. The molecule has 6 nitrogen and oxygen atoms in total. The number of carbonyl (C=O) groups is 1. The van der Waals surface area contributed by atoms with Crippen LogP contribution in [0.1, 0.15) is 0 Å². The molecule has 24 heavy (non-hydrogen) atoms. The third-order valence-corrected chi connectivity index (χ3v) is 7.48. The SMILES string of the molecule is CN(C)c1ccc(N2C(=NC(=O)CCl)S[C@H]3CS(=O)(=O)C[C@H]32)cc1. The number of anilines is 2. The molecule has 2 heterocycles. The number of thioether (sulfide) groups is 1. The number of sulfone groups is 1. The number of benzene rings is 1. The largest absolute Gasteiger partial charge is 0.378 e. The lowest BCUT2D eigenvalue weighted by Crippen LogP contribution is -2.37. The van der Waals surface area contributed by atoms with Crippen LogP contribution in [-0.2, 0) is 14.6 Å². The minimum Gasteiger partial charge on any atom is -0.378 e. The molecule has 0 saturated carbocycles. The zero-order valence-corrected chi connectivity index (χ0v) is 15.7. The number of amidine groups is 1. The monoisotopic (exact) mass is 387 g/mol. The molecular formula is C15H18ClN3O3S2. The molecular weight excluding hydrogens is 370 g/mol. The van der Waals surface area contributed by atoms with E-state index in [0.717, 1.165) is 11.4 Å². The van der Waals surface area contributed by atoms with Gasteiger partial charge in [-0.1, -0.05) is 11.8 Å². The number of alkyl halides is 1. The molecule has 2 atom stereocenters. The van der Waals surface area contributed by atoms with Crippen LogP contribution in [0.3, 0.4) is 0 Å². The molecule has 2 saturated heterocycles. The summed E-state index contributed by atoms with van der Waals surface area (Å²) in [5, 5.41) is 0.425. The lowest BCUT2D eigenvalue weighted by atomic mass is 10.2. The van der Waals surface area contributed by atoms with Crippen LogP contribution in [0.4, 0.5) is 11.4 Å². The van der Waals surface area contributed by atoms with E-state index in [4.69, 9.17) is 11.6 Å². The van der Waals surface area contributed by atoms with Gasteiger partial charge in [0.15, 0.2) is 15.0 Å². The van der Waals surface area contributed by atoms with Crippen molar-refractivity contribution in [2.75, 3.05) is 41.3 Å². The van der Waals surface area contributed by atoms with Gasteiger partial charge >= 0.3 is 0 Å². The molecule has 0 aliphatic carbocycles. The standard InChI is InChI=1S/C15H18ClN3O3S2/c1-18(2)10-3-5-11(6-4-10)19-12-8-24(21,22)9-13(12)23-15(19)17-14(20)7-16/h3-6,12-13H,7-9H2,1-2H3/t12-,13+/m1/s1. The predicted molar refractivity (Wildman–Crippen MR) is 100 cm³/mol. The van der Waals surface area contributed by atoms with E-state index < -0.39 is 15.7 Å². The first-order chi connectivity index (χ1) is 11.3. The maximum Gasteiger partial charge on any atom is 0.262 e. The summed E-state index contributed by atoms with van der Waals surface area (Å²) in [6.45, 7) is 0. The normalized spacial score (nSPS) is 26.6. The molecule has 9 heteroatoms. The third-order valence-electron chi connectivity index (χ3n) is 4.05. The molecule has 2 aliphatic heterocycles. The highest BCUT2D eigenvalue weighted by atomic mass is 35.5. The molecule has 0 spiro atoms. The molecule has 0 N–H and O–H groups in total. The second-order valence-corrected chi connectivity index (χ2v) is 9.63. The van der Waals surface area contributed by atoms with E-state index >= 15 is 0 Å². The van der Waals surface area contributed by atoms with E-state index in [1.54, 1.807) is 0 Å². The summed E-state index contributed by atoms with van der Waals surface area (Å²) in [7, 11) is 0.839. The van der Waals surface area contributed by atoms with Crippen LogP contribution in [0.2, 0.25) is 0 Å². The van der Waals surface area contributed by atoms with Crippen molar-refractivity contribution < 1.29 is 13.2 Å². The summed E-state index contributed by atoms with van der Waals surface area (Å²) in [4.78, 5) is 19.6. The fourth-order valence-electron chi connectivity index (χ4n) is 2.91. The molecule has 1 aromatic carbocycles. The van der Waals surface area contributed by atoms with Crippen LogP contribution in [-0.4, -0.2) is 62.3 Å². The van der Waals surface area contributed by atoms with Gasteiger partial charge in [-0.3, -0.25) is 4.79 Å². The van der Waals surface area contributed by atoms with Gasteiger partial charge in [-0.15, -0.1) is 11.6 Å². The maximum absolute atomic E-state index is 12.0. The maximum atomic E-state index is 12.0. The van der Waals surface area contributed by atoms with Gasteiger partial charge in [0.1, 0.15) is 5.88 Å². The van der Waals surface area contributed by atoms with Gasteiger partial charge in [-0.05, 0) is 24.3 Å². The van der Waals surface area contributed by atoms with Crippen molar-refractivity contribution in [3.63, 3.8) is 0 Å². The number of rotatable bonds is 3. The smallest absolute Gasteiger partial charge is 0.262 e. The summed E-state index contributed by atoms with van der Waals surface area (Å²) in [6, 6.07) is 7.55. The molecule has 130 valence electrons. The van der Waals surface area contributed by atoms with Crippen LogP contribution < -0.4 is 9.80 Å². The molecule has 0 radical (unpaired) electrons. The number of nitrogens with zero attached hydrogens (tertiary/aromatic N) is 3. The van der Waals surface area contributed by atoms with E-state index in [-0.39, 0.29) is 28.7 Å². The van der Waals surface area contributed by atoms with Gasteiger partial charge in [0.05, 0.1) is 17.5 Å². The number of amides is 1. The summed E-state index contributed by atoms with van der Waals surface area (Å²) in [6.07, 6.45) is 0. The highest BCUT2D eigenvalue weighted by Gasteiger charge is 2.49. The Hall–Kier alpha value is -1.25. The number of hydrogen-bond acceptors (Lipinski definition) is 5. The minimum atomic E-state index is -3.06. The van der Waals surface area contributed by atoms with Crippen molar-refractivity contribution in [1.29, 1.82) is 0 Å². The molecule has 0 bridgehead atoms. The fourth-order valence-corrected chi connectivity index (χ4v) is 6.91. The average Bonchev–Trinajstić information content (AvgIpc) is 2.98. The van der Waals surface area contributed by atoms with E-state index in [0.29, 0.717) is 5.17 Å². The minimum absolute atomic E-state index is 0.0776.